The molecule has 2 aliphatic carbocycles. The topological polar surface area (TPSA) is 115 Å². The molecule has 4 fully saturated rings. The first-order chi connectivity index (χ1) is 19.9. The maximum absolute atomic E-state index is 12.9. The third-order valence-corrected chi connectivity index (χ3v) is 9.98. The van der Waals surface area contributed by atoms with Gasteiger partial charge < -0.3 is 25.0 Å². The molecule has 218 valence electrons. The van der Waals surface area contributed by atoms with Gasteiger partial charge in [0.2, 0.25) is 0 Å². The van der Waals surface area contributed by atoms with E-state index in [1.54, 1.807) is 24.3 Å². The number of anilines is 1. The van der Waals surface area contributed by atoms with Crippen molar-refractivity contribution in [1.82, 2.24) is 20.4 Å². The first kappa shape index (κ1) is 28.2. The summed E-state index contributed by atoms with van der Waals surface area (Å²) in [5.41, 5.74) is 1.17. The summed E-state index contributed by atoms with van der Waals surface area (Å²) >= 11 is 6.12. The Labute approximate surface area is 246 Å². The van der Waals surface area contributed by atoms with E-state index in [2.05, 4.69) is 31.4 Å². The Kier molecular flexibility index (Phi) is 8.34. The van der Waals surface area contributed by atoms with Crippen molar-refractivity contribution in [1.29, 1.82) is 5.26 Å². The van der Waals surface area contributed by atoms with Gasteiger partial charge in [0, 0.05) is 49.7 Å². The number of piperidine rings is 1. The van der Waals surface area contributed by atoms with Crippen LogP contribution >= 0.6 is 11.6 Å². The minimum Gasteiger partial charge on any atom is -0.490 e. The molecular weight excluding hydrogens is 540 g/mol. The molecule has 41 heavy (non-hydrogen) atoms. The zero-order valence-corrected chi connectivity index (χ0v) is 24.2. The van der Waals surface area contributed by atoms with Gasteiger partial charge in [-0.05, 0) is 88.5 Å². The molecule has 2 N–H and O–H groups in total. The van der Waals surface area contributed by atoms with Crippen LogP contribution in [0.3, 0.4) is 0 Å². The fraction of sp³-hybridized carbons (Fsp3) is 0.613. The average Bonchev–Trinajstić information content (AvgIpc) is 2.98. The molecule has 10 heteroatoms. The second-order valence-electron chi connectivity index (χ2n) is 12.4. The number of nitrogens with zero attached hydrogens (tertiary/aromatic N) is 5. The molecule has 0 unspecified atom stereocenters. The van der Waals surface area contributed by atoms with Gasteiger partial charge in [0.1, 0.15) is 11.8 Å². The van der Waals surface area contributed by atoms with Crippen LogP contribution in [0.5, 0.6) is 5.75 Å². The SMILES string of the molecule is N#Cc1ccc(OC2CCC(NC(=O)c3ccc(N4CC5(CCC(N6CCC(O)CC6)CC5)C4)nn3)CC2)cc1Cl. The summed E-state index contributed by atoms with van der Waals surface area (Å²) in [5, 5.41) is 31.0. The average molecular weight is 579 g/mol. The van der Waals surface area contributed by atoms with E-state index < -0.39 is 0 Å². The normalized spacial score (nSPS) is 25.3. The smallest absolute Gasteiger partial charge is 0.272 e. The number of aromatic nitrogens is 2. The van der Waals surface area contributed by atoms with E-state index in [9.17, 15) is 9.90 Å². The number of nitrogens with one attached hydrogen (secondary N) is 1. The number of amides is 1. The van der Waals surface area contributed by atoms with Gasteiger partial charge in [-0.3, -0.25) is 4.79 Å². The molecule has 4 aliphatic rings. The maximum Gasteiger partial charge on any atom is 0.272 e. The molecule has 9 nitrogen and oxygen atoms in total. The molecular formula is C31H39ClN6O3. The lowest BCUT2D eigenvalue weighted by molar-refractivity contribution is 0.0237. The largest absolute Gasteiger partial charge is 0.490 e. The summed E-state index contributed by atoms with van der Waals surface area (Å²) in [6.45, 7) is 4.09. The van der Waals surface area contributed by atoms with E-state index in [1.807, 2.05) is 6.07 Å². The lowest BCUT2D eigenvalue weighted by Crippen LogP contribution is -2.59. The van der Waals surface area contributed by atoms with E-state index in [-0.39, 0.29) is 24.2 Å². The highest BCUT2D eigenvalue weighted by Gasteiger charge is 2.46. The highest BCUT2D eigenvalue weighted by atomic mass is 35.5. The number of rotatable bonds is 6. The van der Waals surface area contributed by atoms with Gasteiger partial charge in [0.25, 0.3) is 5.91 Å². The summed E-state index contributed by atoms with van der Waals surface area (Å²) in [6, 6.07) is 11.6. The third-order valence-electron chi connectivity index (χ3n) is 9.66. The van der Waals surface area contributed by atoms with Crippen molar-refractivity contribution in [3.05, 3.63) is 46.6 Å². The molecule has 2 saturated heterocycles. The van der Waals surface area contributed by atoms with Gasteiger partial charge in [-0.2, -0.15) is 5.26 Å². The van der Waals surface area contributed by atoms with Crippen LogP contribution in [0.15, 0.2) is 30.3 Å². The maximum atomic E-state index is 12.9. The minimum atomic E-state index is -0.184. The molecule has 6 rings (SSSR count). The van der Waals surface area contributed by atoms with Crippen LogP contribution < -0.4 is 15.0 Å². The molecule has 1 amide bonds. The van der Waals surface area contributed by atoms with Crippen LogP contribution in [0.2, 0.25) is 5.02 Å². The van der Waals surface area contributed by atoms with E-state index in [1.165, 1.54) is 25.7 Å². The molecule has 1 aromatic carbocycles. The fourth-order valence-corrected chi connectivity index (χ4v) is 7.34. The van der Waals surface area contributed by atoms with Crippen LogP contribution in [-0.2, 0) is 0 Å². The molecule has 0 radical (unpaired) electrons. The van der Waals surface area contributed by atoms with Crippen molar-refractivity contribution >= 4 is 23.3 Å². The number of aliphatic hydroxyl groups is 1. The third kappa shape index (κ3) is 6.45. The van der Waals surface area contributed by atoms with E-state index >= 15 is 0 Å². The Bertz CT molecular complexity index is 1250. The Morgan fingerprint density at radius 3 is 2.39 bits per heavy atom. The van der Waals surface area contributed by atoms with Crippen molar-refractivity contribution in [2.75, 3.05) is 31.1 Å². The van der Waals surface area contributed by atoms with Gasteiger partial charge in [-0.1, -0.05) is 11.6 Å². The predicted molar refractivity (Wildman–Crippen MR) is 156 cm³/mol. The molecule has 3 heterocycles. The number of carbonyl (C=O) groups excluding carboxylic acids is 1. The Morgan fingerprint density at radius 2 is 1.76 bits per heavy atom. The van der Waals surface area contributed by atoms with E-state index in [0.29, 0.717) is 33.5 Å². The van der Waals surface area contributed by atoms with Crippen LogP contribution in [0.4, 0.5) is 5.82 Å². The van der Waals surface area contributed by atoms with Crippen molar-refractivity contribution < 1.29 is 14.6 Å². The Hall–Kier alpha value is -2.93. The minimum absolute atomic E-state index is 0.0555. The van der Waals surface area contributed by atoms with E-state index in [0.717, 1.165) is 70.5 Å². The van der Waals surface area contributed by atoms with Gasteiger partial charge in [-0.15, -0.1) is 10.2 Å². The summed E-state index contributed by atoms with van der Waals surface area (Å²) in [7, 11) is 0. The molecule has 2 aliphatic heterocycles. The molecule has 1 spiro atoms. The Balaban J connectivity index is 0.923. The molecule has 0 atom stereocenters. The van der Waals surface area contributed by atoms with Crippen LogP contribution in [0.25, 0.3) is 0 Å². The van der Waals surface area contributed by atoms with Gasteiger partial charge >= 0.3 is 0 Å². The number of halogens is 1. The first-order valence-corrected chi connectivity index (χ1v) is 15.5. The number of ether oxygens (including phenoxy) is 1. The zero-order valence-electron chi connectivity index (χ0n) is 23.5. The summed E-state index contributed by atoms with van der Waals surface area (Å²) < 4.78 is 6.06. The fourth-order valence-electron chi connectivity index (χ4n) is 7.12. The van der Waals surface area contributed by atoms with Crippen molar-refractivity contribution in [3.63, 3.8) is 0 Å². The number of likely N-dealkylation sites (tertiary alicyclic amines) is 1. The second-order valence-corrected chi connectivity index (χ2v) is 12.9. The number of nitriles is 1. The summed E-state index contributed by atoms with van der Waals surface area (Å²) in [4.78, 5) is 17.7. The number of hydrogen-bond acceptors (Lipinski definition) is 8. The lowest BCUT2D eigenvalue weighted by atomic mass is 9.67. The molecule has 1 aromatic heterocycles. The zero-order chi connectivity index (χ0) is 28.4. The highest BCUT2D eigenvalue weighted by Crippen LogP contribution is 2.46. The number of carbonyl (C=O) groups is 1. The molecule has 0 bridgehead atoms. The van der Waals surface area contributed by atoms with E-state index in [4.69, 9.17) is 21.6 Å². The lowest BCUT2D eigenvalue weighted by Gasteiger charge is -2.55. The second kappa shape index (κ2) is 12.1. The van der Waals surface area contributed by atoms with Crippen molar-refractivity contribution in [2.24, 2.45) is 5.41 Å². The van der Waals surface area contributed by atoms with Crippen molar-refractivity contribution in [2.45, 2.75) is 88.5 Å². The highest BCUT2D eigenvalue weighted by molar-refractivity contribution is 6.31. The number of benzene rings is 1. The Morgan fingerprint density at radius 1 is 1.02 bits per heavy atom. The first-order valence-electron chi connectivity index (χ1n) is 15.1. The monoisotopic (exact) mass is 578 g/mol. The van der Waals surface area contributed by atoms with Gasteiger partial charge in [0.15, 0.2) is 11.5 Å². The van der Waals surface area contributed by atoms with Crippen LogP contribution in [0, 0.1) is 16.7 Å². The predicted octanol–water partition coefficient (Wildman–Crippen LogP) is 4.33. The van der Waals surface area contributed by atoms with Crippen LogP contribution in [-0.4, -0.2) is 76.6 Å². The summed E-state index contributed by atoms with van der Waals surface area (Å²) in [5.74, 6) is 1.33. The number of aliphatic hydroxyl groups excluding tert-OH is 1. The van der Waals surface area contributed by atoms with Gasteiger partial charge in [0.05, 0.1) is 22.8 Å². The van der Waals surface area contributed by atoms with Crippen LogP contribution in [0.1, 0.15) is 80.3 Å². The van der Waals surface area contributed by atoms with Crippen molar-refractivity contribution in [3.8, 4) is 11.8 Å². The van der Waals surface area contributed by atoms with Gasteiger partial charge in [-0.25, -0.2) is 0 Å². The number of hydrogen-bond donors (Lipinski definition) is 2. The molecule has 2 saturated carbocycles. The quantitative estimate of drug-likeness (QED) is 0.521. The standard InChI is InChI=1S/C31H39ClN6O3/c32-27-17-26(4-1-21(27)18-33)41-25-5-2-22(3-6-25)34-30(40)28-7-8-29(36-35-28)38-19-31(20-38)13-9-23(10-14-31)37-15-11-24(39)12-16-37/h1,4,7-8,17,22-25,39H,2-3,5-6,9-16,19-20H2,(H,34,40). The summed E-state index contributed by atoms with van der Waals surface area (Å²) in [6.07, 6.45) is 10.0. The molecule has 2 aromatic rings.